The molecule has 0 saturated heterocycles. The van der Waals surface area contributed by atoms with Crippen LogP contribution in [-0.2, 0) is 0 Å². The zero-order chi connectivity index (χ0) is 34.7. The van der Waals surface area contributed by atoms with E-state index in [1.807, 2.05) is 0 Å². The van der Waals surface area contributed by atoms with Crippen LogP contribution in [0.15, 0.2) is 212 Å². The van der Waals surface area contributed by atoms with E-state index in [9.17, 15) is 0 Å². The van der Waals surface area contributed by atoms with E-state index in [1.165, 1.54) is 61.2 Å². The summed E-state index contributed by atoms with van der Waals surface area (Å²) in [6, 6.07) is 76.0. The van der Waals surface area contributed by atoms with Crippen molar-refractivity contribution in [1.82, 2.24) is 4.98 Å². The zero-order valence-electron chi connectivity index (χ0n) is 28.7. The highest BCUT2D eigenvalue weighted by molar-refractivity contribution is 5.97. The molecule has 0 aliphatic rings. The molecule has 9 aromatic rings. The standard InChI is InChI=1S/C51H35N/c1-3-14-36(15-4-1)38-18-9-20-40(30-38)41-21-10-22-42(31-41)43-23-11-24-44(32-43)45-25-13-27-47(34-45)51-35-49(48-28-7-8-29-50(48)52-51)46-26-12-19-39(33-46)37-16-5-2-6-17-37/h1-35H. The molecule has 52 heavy (non-hydrogen) atoms. The van der Waals surface area contributed by atoms with E-state index in [0.717, 1.165) is 27.7 Å². The second-order valence-electron chi connectivity index (χ2n) is 13.2. The highest BCUT2D eigenvalue weighted by Crippen LogP contribution is 2.36. The number of hydrogen-bond donors (Lipinski definition) is 0. The number of benzene rings is 8. The van der Waals surface area contributed by atoms with Crippen LogP contribution < -0.4 is 0 Å². The first kappa shape index (κ1) is 31.2. The lowest BCUT2D eigenvalue weighted by Gasteiger charge is -2.13. The quantitative estimate of drug-likeness (QED) is 0.166. The van der Waals surface area contributed by atoms with Crippen LogP contribution in [-0.4, -0.2) is 4.98 Å². The van der Waals surface area contributed by atoms with Crippen molar-refractivity contribution in [2.75, 3.05) is 0 Å². The molecule has 0 atom stereocenters. The van der Waals surface area contributed by atoms with E-state index < -0.39 is 0 Å². The van der Waals surface area contributed by atoms with E-state index in [2.05, 4.69) is 212 Å². The molecule has 9 rings (SSSR count). The van der Waals surface area contributed by atoms with Crippen molar-refractivity contribution in [3.63, 3.8) is 0 Å². The molecule has 0 spiro atoms. The minimum absolute atomic E-state index is 0.960. The normalized spacial score (nSPS) is 11.1. The largest absolute Gasteiger partial charge is 0.248 e. The van der Waals surface area contributed by atoms with E-state index in [1.54, 1.807) is 0 Å². The first-order valence-corrected chi connectivity index (χ1v) is 17.8. The van der Waals surface area contributed by atoms with Crippen molar-refractivity contribution in [1.29, 1.82) is 0 Å². The number of fused-ring (bicyclic) bond motifs is 1. The Morgan fingerprint density at radius 1 is 0.231 bits per heavy atom. The second-order valence-corrected chi connectivity index (χ2v) is 13.2. The molecule has 0 N–H and O–H groups in total. The van der Waals surface area contributed by atoms with Crippen molar-refractivity contribution in [2.45, 2.75) is 0 Å². The van der Waals surface area contributed by atoms with E-state index >= 15 is 0 Å². The smallest absolute Gasteiger partial charge is 0.0716 e. The molecular weight excluding hydrogens is 627 g/mol. The Morgan fingerprint density at radius 2 is 0.558 bits per heavy atom. The first-order valence-electron chi connectivity index (χ1n) is 17.8. The van der Waals surface area contributed by atoms with Crippen molar-refractivity contribution in [3.8, 4) is 78.0 Å². The molecule has 0 fully saturated rings. The van der Waals surface area contributed by atoms with Gasteiger partial charge in [0.1, 0.15) is 0 Å². The average Bonchev–Trinajstić information content (AvgIpc) is 3.24. The molecule has 1 aromatic heterocycles. The Balaban J connectivity index is 1.06. The van der Waals surface area contributed by atoms with Crippen LogP contribution in [0, 0.1) is 0 Å². The maximum Gasteiger partial charge on any atom is 0.0716 e. The van der Waals surface area contributed by atoms with Crippen LogP contribution in [0.25, 0.3) is 88.9 Å². The monoisotopic (exact) mass is 661 g/mol. The summed E-state index contributed by atoms with van der Waals surface area (Å²) in [7, 11) is 0. The summed E-state index contributed by atoms with van der Waals surface area (Å²) in [6.45, 7) is 0. The van der Waals surface area contributed by atoms with Gasteiger partial charge >= 0.3 is 0 Å². The summed E-state index contributed by atoms with van der Waals surface area (Å²) in [6.07, 6.45) is 0. The topological polar surface area (TPSA) is 12.9 Å². The van der Waals surface area contributed by atoms with Crippen molar-refractivity contribution < 1.29 is 0 Å². The van der Waals surface area contributed by atoms with Crippen LogP contribution in [0.1, 0.15) is 0 Å². The lowest BCUT2D eigenvalue weighted by Crippen LogP contribution is -1.91. The SMILES string of the molecule is c1ccc(-c2cccc(-c3cccc(-c4cccc(-c5cccc(-c6cc(-c7cccc(-c8ccccc8)c7)c7ccccc7n6)c5)c4)c3)c2)cc1. The van der Waals surface area contributed by atoms with Crippen molar-refractivity contribution in [2.24, 2.45) is 0 Å². The molecule has 0 amide bonds. The molecular formula is C51H35N. The Morgan fingerprint density at radius 3 is 1.04 bits per heavy atom. The van der Waals surface area contributed by atoms with Gasteiger partial charge < -0.3 is 0 Å². The fourth-order valence-electron chi connectivity index (χ4n) is 7.18. The predicted octanol–water partition coefficient (Wildman–Crippen LogP) is 13.9. The number of hydrogen-bond acceptors (Lipinski definition) is 1. The minimum Gasteiger partial charge on any atom is -0.248 e. The van der Waals surface area contributed by atoms with Crippen LogP contribution in [0.4, 0.5) is 0 Å². The molecule has 0 unspecified atom stereocenters. The maximum absolute atomic E-state index is 5.18. The van der Waals surface area contributed by atoms with Crippen LogP contribution >= 0.6 is 0 Å². The van der Waals surface area contributed by atoms with Gasteiger partial charge in [-0.25, -0.2) is 4.98 Å². The second kappa shape index (κ2) is 13.8. The lowest BCUT2D eigenvalue weighted by atomic mass is 9.93. The van der Waals surface area contributed by atoms with Crippen LogP contribution in [0.5, 0.6) is 0 Å². The first-order chi connectivity index (χ1) is 25.7. The van der Waals surface area contributed by atoms with Gasteiger partial charge in [0.25, 0.3) is 0 Å². The Hall–Kier alpha value is -6.83. The molecule has 0 saturated carbocycles. The number of nitrogens with zero attached hydrogens (tertiary/aromatic N) is 1. The van der Waals surface area contributed by atoms with Gasteiger partial charge in [-0.3, -0.25) is 0 Å². The number of para-hydroxylation sites is 1. The van der Waals surface area contributed by atoms with E-state index in [-0.39, 0.29) is 0 Å². The number of aromatic nitrogens is 1. The summed E-state index contributed by atoms with van der Waals surface area (Å²) < 4.78 is 0. The van der Waals surface area contributed by atoms with Crippen LogP contribution in [0.2, 0.25) is 0 Å². The fourth-order valence-corrected chi connectivity index (χ4v) is 7.18. The van der Waals surface area contributed by atoms with E-state index in [0.29, 0.717) is 0 Å². The van der Waals surface area contributed by atoms with Crippen LogP contribution in [0.3, 0.4) is 0 Å². The third-order valence-electron chi connectivity index (χ3n) is 9.85. The van der Waals surface area contributed by atoms with Crippen molar-refractivity contribution in [3.05, 3.63) is 212 Å². The van der Waals surface area contributed by atoms with Crippen molar-refractivity contribution >= 4 is 10.9 Å². The minimum atomic E-state index is 0.960. The van der Waals surface area contributed by atoms with Gasteiger partial charge in [0.2, 0.25) is 0 Å². The third kappa shape index (κ3) is 6.33. The fraction of sp³-hybridized carbons (Fsp3) is 0. The molecule has 0 aliphatic heterocycles. The van der Waals surface area contributed by atoms with Gasteiger partial charge in [-0.1, -0.05) is 170 Å². The number of pyridine rings is 1. The third-order valence-corrected chi connectivity index (χ3v) is 9.85. The van der Waals surface area contributed by atoms with Gasteiger partial charge in [-0.15, -0.1) is 0 Å². The molecule has 1 heteroatoms. The summed E-state index contributed by atoms with van der Waals surface area (Å²) >= 11 is 0. The molecule has 8 aromatic carbocycles. The Bertz CT molecular complexity index is 2670. The summed E-state index contributed by atoms with van der Waals surface area (Å²) in [5.41, 5.74) is 17.4. The molecule has 1 heterocycles. The molecule has 0 aliphatic carbocycles. The average molecular weight is 662 g/mol. The molecule has 1 nitrogen and oxygen atoms in total. The van der Waals surface area contributed by atoms with Gasteiger partial charge in [-0.05, 0) is 109 Å². The number of rotatable bonds is 7. The highest BCUT2D eigenvalue weighted by atomic mass is 14.7. The highest BCUT2D eigenvalue weighted by Gasteiger charge is 2.12. The van der Waals surface area contributed by atoms with Gasteiger partial charge in [0, 0.05) is 10.9 Å². The Labute approximate surface area is 305 Å². The summed E-state index contributed by atoms with van der Waals surface area (Å²) in [5.74, 6) is 0. The molecule has 244 valence electrons. The maximum atomic E-state index is 5.18. The van der Waals surface area contributed by atoms with Gasteiger partial charge in [0.05, 0.1) is 11.2 Å². The zero-order valence-corrected chi connectivity index (χ0v) is 28.7. The molecule has 0 radical (unpaired) electrons. The molecule has 0 bridgehead atoms. The van der Waals surface area contributed by atoms with Gasteiger partial charge in [-0.2, -0.15) is 0 Å². The summed E-state index contributed by atoms with van der Waals surface area (Å²) in [4.78, 5) is 5.18. The lowest BCUT2D eigenvalue weighted by molar-refractivity contribution is 1.40. The van der Waals surface area contributed by atoms with Gasteiger partial charge in [0.15, 0.2) is 0 Å². The van der Waals surface area contributed by atoms with E-state index in [4.69, 9.17) is 4.98 Å². The summed E-state index contributed by atoms with van der Waals surface area (Å²) in [5, 5.41) is 1.15. The Kier molecular flexibility index (Phi) is 8.29. The predicted molar refractivity (Wildman–Crippen MR) is 220 cm³/mol.